The highest BCUT2D eigenvalue weighted by Gasteiger charge is 2.19. The van der Waals surface area contributed by atoms with Gasteiger partial charge in [0.2, 0.25) is 0 Å². The third kappa shape index (κ3) is 11.0. The van der Waals surface area contributed by atoms with Crippen molar-refractivity contribution in [3.05, 3.63) is 201 Å². The average molecular weight is 768 g/mol. The first kappa shape index (κ1) is 43.5. The molecule has 0 amide bonds. The molecular formula is C53H57N3S. The van der Waals surface area contributed by atoms with Crippen molar-refractivity contribution in [2.75, 3.05) is 4.90 Å². The number of pyridine rings is 1. The lowest BCUT2D eigenvalue weighted by Crippen LogP contribution is -2.12. The minimum Gasteiger partial charge on any atom is -0.317 e. The van der Waals surface area contributed by atoms with Gasteiger partial charge in [0, 0.05) is 54.9 Å². The van der Waals surface area contributed by atoms with E-state index in [0.717, 1.165) is 39.6 Å². The van der Waals surface area contributed by atoms with Crippen LogP contribution in [0.4, 0.5) is 17.2 Å². The van der Waals surface area contributed by atoms with Crippen LogP contribution in [-0.4, -0.2) is 9.55 Å². The minimum atomic E-state index is 0.889. The summed E-state index contributed by atoms with van der Waals surface area (Å²) in [5.41, 5.74) is 9.11. The lowest BCUT2D eigenvalue weighted by Gasteiger charge is -2.26. The number of para-hydroxylation sites is 1. The average Bonchev–Trinajstić information content (AvgIpc) is 3.85. The van der Waals surface area contributed by atoms with Gasteiger partial charge in [-0.2, -0.15) is 0 Å². The van der Waals surface area contributed by atoms with Gasteiger partial charge in [-0.3, -0.25) is 4.90 Å². The van der Waals surface area contributed by atoms with Crippen LogP contribution in [0.15, 0.2) is 195 Å². The molecule has 5 aromatic carbocycles. The number of nitrogens with zero attached hydrogens (tertiary/aromatic N) is 3. The second-order valence-corrected chi connectivity index (χ2v) is 13.8. The van der Waals surface area contributed by atoms with Gasteiger partial charge in [-0.25, -0.2) is 4.98 Å². The Morgan fingerprint density at radius 2 is 1.37 bits per heavy atom. The Balaban J connectivity index is 0.000000418. The van der Waals surface area contributed by atoms with E-state index in [1.54, 1.807) is 6.08 Å². The predicted molar refractivity (Wildman–Crippen MR) is 256 cm³/mol. The number of thiophene rings is 1. The molecule has 0 aliphatic rings. The smallest absolute Gasteiger partial charge is 0.137 e. The van der Waals surface area contributed by atoms with Crippen LogP contribution >= 0.6 is 11.3 Å². The monoisotopic (exact) mass is 767 g/mol. The van der Waals surface area contributed by atoms with E-state index in [1.165, 1.54) is 36.6 Å². The standard InChI is InChI=1S/C38H27N3S.C8H12.C3H6.2C2H6/c1-26-22-33-32-14-8-9-15-36(32)42-37(33)24-35(26)41(38-19-16-29(25-39-38)27-10-4-2-5-11-27)31-17-18-34-28(23-31)20-21-40(34)30-12-6-3-7-13-30;1-4-5-6-7-8(2)3;1-3-2;2*1-2/h2-25H,1H3;4-7H,2H2,1,3H3;3H,1H2,2H3;2*1-2H3/b;5-4-,7-6-;;;. The maximum absolute atomic E-state index is 5.03. The number of aromatic nitrogens is 2. The molecule has 0 aliphatic heterocycles. The first-order valence-electron chi connectivity index (χ1n) is 19.8. The molecular weight excluding hydrogens is 711 g/mol. The molecule has 0 spiro atoms. The van der Waals surface area contributed by atoms with Crippen molar-refractivity contribution in [1.82, 2.24) is 9.55 Å². The number of benzene rings is 5. The van der Waals surface area contributed by atoms with E-state index in [2.05, 4.69) is 163 Å². The van der Waals surface area contributed by atoms with Crippen LogP contribution in [0.3, 0.4) is 0 Å². The first-order valence-corrected chi connectivity index (χ1v) is 20.7. The summed E-state index contributed by atoms with van der Waals surface area (Å²) in [4.78, 5) is 7.33. The van der Waals surface area contributed by atoms with E-state index < -0.39 is 0 Å². The van der Waals surface area contributed by atoms with Gasteiger partial charge >= 0.3 is 0 Å². The third-order valence-corrected chi connectivity index (χ3v) is 9.80. The van der Waals surface area contributed by atoms with Gasteiger partial charge in [0.15, 0.2) is 0 Å². The van der Waals surface area contributed by atoms with Crippen molar-refractivity contribution in [1.29, 1.82) is 0 Å². The van der Waals surface area contributed by atoms with E-state index >= 15 is 0 Å². The Labute approximate surface area is 345 Å². The minimum absolute atomic E-state index is 0.889. The number of hydrogen-bond donors (Lipinski definition) is 0. The summed E-state index contributed by atoms with van der Waals surface area (Å²) in [7, 11) is 0. The first-order chi connectivity index (χ1) is 27.9. The highest BCUT2D eigenvalue weighted by molar-refractivity contribution is 7.25. The molecule has 8 aromatic rings. The number of hydrogen-bond acceptors (Lipinski definition) is 3. The quantitative estimate of drug-likeness (QED) is 0.119. The zero-order chi connectivity index (χ0) is 41.2. The van der Waals surface area contributed by atoms with Crippen molar-refractivity contribution in [3.8, 4) is 16.8 Å². The Bertz CT molecular complexity index is 2520. The molecule has 0 bridgehead atoms. The van der Waals surface area contributed by atoms with Gasteiger partial charge in [-0.05, 0) is 106 Å². The van der Waals surface area contributed by atoms with Gasteiger partial charge in [0.05, 0.1) is 11.2 Å². The van der Waals surface area contributed by atoms with Crippen molar-refractivity contribution in [2.45, 2.75) is 55.4 Å². The molecule has 3 heterocycles. The largest absolute Gasteiger partial charge is 0.317 e. The Hall–Kier alpha value is -6.23. The molecule has 8 rings (SSSR count). The summed E-state index contributed by atoms with van der Waals surface area (Å²) >= 11 is 1.85. The predicted octanol–water partition coefficient (Wildman–Crippen LogP) is 16.8. The van der Waals surface area contributed by atoms with Gasteiger partial charge < -0.3 is 4.57 Å². The fourth-order valence-corrected chi connectivity index (χ4v) is 7.36. The lowest BCUT2D eigenvalue weighted by molar-refractivity contribution is 1.13. The Morgan fingerprint density at radius 1 is 0.702 bits per heavy atom. The molecule has 3 nitrogen and oxygen atoms in total. The fraction of sp³-hybridized carbons (Fsp3) is 0.151. The lowest BCUT2D eigenvalue weighted by atomic mass is 10.1. The molecule has 0 N–H and O–H groups in total. The summed E-state index contributed by atoms with van der Waals surface area (Å²) in [5.74, 6) is 0.889. The molecule has 3 aromatic heterocycles. The van der Waals surface area contributed by atoms with Crippen LogP contribution in [0.5, 0.6) is 0 Å². The van der Waals surface area contributed by atoms with E-state index in [4.69, 9.17) is 4.98 Å². The fourth-order valence-electron chi connectivity index (χ4n) is 6.24. The van der Waals surface area contributed by atoms with Crippen molar-refractivity contribution >= 4 is 59.6 Å². The van der Waals surface area contributed by atoms with Gasteiger partial charge in [-0.15, -0.1) is 17.9 Å². The summed E-state index contributed by atoms with van der Waals surface area (Å²) in [5, 5.41) is 3.80. The second-order valence-electron chi connectivity index (χ2n) is 12.7. The number of anilines is 3. The normalized spacial score (nSPS) is 10.5. The third-order valence-electron chi connectivity index (χ3n) is 8.67. The maximum atomic E-state index is 5.03. The van der Waals surface area contributed by atoms with Crippen LogP contribution in [0.25, 0.3) is 47.9 Å². The van der Waals surface area contributed by atoms with Crippen LogP contribution in [-0.2, 0) is 0 Å². The van der Waals surface area contributed by atoms with E-state index in [1.807, 2.05) is 96.4 Å². The van der Waals surface area contributed by atoms with E-state index in [9.17, 15) is 0 Å². The number of rotatable bonds is 7. The summed E-state index contributed by atoms with van der Waals surface area (Å²) in [6.45, 7) is 23.1. The molecule has 290 valence electrons. The molecule has 0 fully saturated rings. The van der Waals surface area contributed by atoms with Crippen LogP contribution in [0.1, 0.15) is 54.0 Å². The highest BCUT2D eigenvalue weighted by atomic mass is 32.1. The molecule has 0 atom stereocenters. The van der Waals surface area contributed by atoms with Crippen LogP contribution in [0, 0.1) is 6.92 Å². The molecule has 0 radical (unpaired) electrons. The zero-order valence-electron chi connectivity index (χ0n) is 34.9. The van der Waals surface area contributed by atoms with E-state index in [-0.39, 0.29) is 0 Å². The van der Waals surface area contributed by atoms with Crippen LogP contribution < -0.4 is 4.90 Å². The molecule has 57 heavy (non-hydrogen) atoms. The summed E-state index contributed by atoms with van der Waals surface area (Å²) < 4.78 is 4.83. The Morgan fingerprint density at radius 3 is 2.02 bits per heavy atom. The maximum Gasteiger partial charge on any atom is 0.137 e. The Kier molecular flexibility index (Phi) is 17.1. The molecule has 4 heteroatoms. The topological polar surface area (TPSA) is 21.1 Å². The van der Waals surface area contributed by atoms with Crippen LogP contribution in [0.2, 0.25) is 0 Å². The summed E-state index contributed by atoms with van der Waals surface area (Å²) in [6.07, 6.45) is 13.8. The molecule has 0 unspecified atom stereocenters. The summed E-state index contributed by atoms with van der Waals surface area (Å²) in [6, 6.07) is 47.5. The van der Waals surface area contributed by atoms with Gasteiger partial charge in [0.25, 0.3) is 0 Å². The molecule has 0 saturated carbocycles. The molecule has 0 saturated heterocycles. The SMILES string of the molecule is C=C(C)/C=C\C=C/C.C=CC.CC.CC.Cc1cc2c(cc1N(c1ccc3c(ccn3-c3ccccc3)c1)c1ccc(-c3ccccc3)cn1)sc1ccccc12. The number of allylic oxidation sites excluding steroid dienone is 6. The number of fused-ring (bicyclic) bond motifs is 4. The second kappa shape index (κ2) is 22.4. The van der Waals surface area contributed by atoms with Crippen molar-refractivity contribution in [2.24, 2.45) is 0 Å². The number of aryl methyl sites for hydroxylation is 1. The van der Waals surface area contributed by atoms with Gasteiger partial charge in [0.1, 0.15) is 5.82 Å². The molecule has 0 aliphatic carbocycles. The van der Waals surface area contributed by atoms with E-state index in [0.29, 0.717) is 0 Å². The van der Waals surface area contributed by atoms with Crippen molar-refractivity contribution in [3.63, 3.8) is 0 Å². The highest BCUT2D eigenvalue weighted by Crippen LogP contribution is 2.43. The van der Waals surface area contributed by atoms with Gasteiger partial charge in [-0.1, -0.05) is 137 Å². The van der Waals surface area contributed by atoms with Crippen molar-refractivity contribution < 1.29 is 0 Å². The zero-order valence-corrected chi connectivity index (χ0v) is 35.7.